The van der Waals surface area contributed by atoms with E-state index in [0.29, 0.717) is 55.6 Å². The number of nitrogens with one attached hydrogen (secondary N) is 2. The third-order valence-electron chi connectivity index (χ3n) is 17.1. The van der Waals surface area contributed by atoms with Gasteiger partial charge in [-0.2, -0.15) is 9.36 Å². The van der Waals surface area contributed by atoms with Gasteiger partial charge in [0.15, 0.2) is 23.2 Å². The average molecular weight is 1370 g/mol. The number of amides is 1. The van der Waals surface area contributed by atoms with Crippen molar-refractivity contribution in [2.45, 2.75) is 74.3 Å². The first-order valence-corrected chi connectivity index (χ1v) is 34.4. The van der Waals surface area contributed by atoms with Crippen LogP contribution in [0.15, 0.2) is 175 Å². The van der Waals surface area contributed by atoms with Crippen molar-refractivity contribution in [3.05, 3.63) is 230 Å². The molecule has 2 saturated heterocycles. The van der Waals surface area contributed by atoms with Gasteiger partial charge in [0.05, 0.1) is 65.1 Å². The standard InChI is InChI=1S/C70H71N10O14PS2/c1-42(2)65(81)77-68-76-64-59(66(82)78-68)75-41-80(64)67-61(93-70(44-17-13-10-14-18-44,47-23-31-51(85-6)32-24-47)48-25-33-52(86-7)34-26-48)60(87-8)56(92-67)39-90-95(96,89-36-35-72-3)94-53-37-54(62-57-58(79-97-62)63(71)74-40-73-57)91-55(53)38-88-69(43-15-11-9-12-16-43,45-19-27-49(83-4)28-20-45)46-21-29-50(84-5)30-22-46/h9-34,40-42,53-56,60-61,67H,35-39H2,1-2,4-8H3,(H2,71,73,74)(H2,76,77,78,81,82)/t53-,54+,55+,56+,60+,61+,67+,95?/m0/s1. The number of imidazole rings is 1. The van der Waals surface area contributed by atoms with Gasteiger partial charge in [-0.25, -0.2) is 21.5 Å². The molecule has 97 heavy (non-hydrogen) atoms. The second kappa shape index (κ2) is 29.7. The number of rotatable bonds is 28. The van der Waals surface area contributed by atoms with Crippen molar-refractivity contribution in [1.29, 1.82) is 0 Å². The molecule has 0 bridgehead atoms. The maximum absolute atomic E-state index is 14.0. The first-order valence-electron chi connectivity index (χ1n) is 31.0. The van der Waals surface area contributed by atoms with E-state index in [2.05, 4.69) is 34.5 Å². The molecule has 0 spiro atoms. The van der Waals surface area contributed by atoms with Crippen molar-refractivity contribution < 1.29 is 61.0 Å². The summed E-state index contributed by atoms with van der Waals surface area (Å²) >= 11 is 7.69. The van der Waals surface area contributed by atoms with Crippen LogP contribution in [0.1, 0.15) is 70.9 Å². The summed E-state index contributed by atoms with van der Waals surface area (Å²) in [5, 5.41) is 2.72. The molecule has 1 amide bonds. The molecular formula is C70H71N10O14PS2. The molecule has 6 aromatic carbocycles. The number of hydrogen-bond donors (Lipinski definition) is 3. The van der Waals surface area contributed by atoms with Gasteiger partial charge in [0.2, 0.25) is 18.4 Å². The molecular weight excluding hydrogens is 1300 g/mol. The number of carbonyl (C=O) groups excluding carboxylic acids is 1. The van der Waals surface area contributed by atoms with E-state index >= 15 is 0 Å². The van der Waals surface area contributed by atoms with Crippen LogP contribution in [0.5, 0.6) is 23.0 Å². The zero-order valence-electron chi connectivity index (χ0n) is 54.0. The topological polar surface area (TPSA) is 272 Å². The van der Waals surface area contributed by atoms with E-state index in [1.165, 1.54) is 31.3 Å². The van der Waals surface area contributed by atoms with Crippen LogP contribution < -0.4 is 35.6 Å². The van der Waals surface area contributed by atoms with Crippen LogP contribution in [0.2, 0.25) is 0 Å². The maximum atomic E-state index is 14.0. The fraction of sp³-hybridized carbons (Fsp3) is 0.314. The predicted molar refractivity (Wildman–Crippen MR) is 366 cm³/mol. The van der Waals surface area contributed by atoms with Crippen LogP contribution in [-0.2, 0) is 65.1 Å². The molecule has 4 N–H and O–H groups in total. The Labute approximate surface area is 568 Å². The second-order valence-corrected chi connectivity index (χ2v) is 26.8. The number of carbonyl (C=O) groups is 1. The molecule has 27 heteroatoms. The molecule has 6 heterocycles. The Bertz CT molecular complexity index is 4390. The minimum Gasteiger partial charge on any atom is -0.497 e. The summed E-state index contributed by atoms with van der Waals surface area (Å²) < 4.78 is 85.7. The summed E-state index contributed by atoms with van der Waals surface area (Å²) in [5.41, 5.74) is 8.33. The van der Waals surface area contributed by atoms with E-state index in [1.807, 2.05) is 158 Å². The molecule has 2 fully saturated rings. The average Bonchev–Trinajstić information content (AvgIpc) is 1.73. The summed E-state index contributed by atoms with van der Waals surface area (Å²) in [6.45, 7) is 6.46. The number of nitrogens with zero attached hydrogens (tertiary/aromatic N) is 7. The van der Waals surface area contributed by atoms with Crippen LogP contribution >= 0.6 is 18.3 Å². The Balaban J connectivity index is 0.950. The molecule has 24 nitrogen and oxygen atoms in total. The van der Waals surface area contributed by atoms with Crippen molar-refractivity contribution in [1.82, 2.24) is 33.9 Å². The van der Waals surface area contributed by atoms with Gasteiger partial charge in [-0.05, 0) is 105 Å². The highest BCUT2D eigenvalue weighted by molar-refractivity contribution is 8.07. The highest BCUT2D eigenvalue weighted by atomic mass is 32.5. The smallest absolute Gasteiger partial charge is 0.327 e. The van der Waals surface area contributed by atoms with Gasteiger partial charge in [0, 0.05) is 19.4 Å². The lowest BCUT2D eigenvalue weighted by Crippen LogP contribution is -2.45. The normalized spacial score (nSPS) is 19.4. The molecule has 0 aliphatic carbocycles. The van der Waals surface area contributed by atoms with E-state index in [0.717, 1.165) is 16.7 Å². The zero-order valence-corrected chi connectivity index (χ0v) is 56.5. The minimum absolute atomic E-state index is 0.0511. The van der Waals surface area contributed by atoms with Crippen molar-refractivity contribution in [3.8, 4) is 23.0 Å². The number of anilines is 2. The Morgan fingerprint density at radius 2 is 1.26 bits per heavy atom. The molecule has 8 atom stereocenters. The van der Waals surface area contributed by atoms with Crippen LogP contribution in [0.3, 0.4) is 0 Å². The third kappa shape index (κ3) is 13.8. The van der Waals surface area contributed by atoms with E-state index in [-0.39, 0.29) is 61.6 Å². The number of benzene rings is 6. The monoisotopic (exact) mass is 1370 g/mol. The highest BCUT2D eigenvalue weighted by Gasteiger charge is 2.54. The number of fused-ring (bicyclic) bond motifs is 2. The van der Waals surface area contributed by atoms with Crippen LogP contribution in [-0.4, -0.2) is 132 Å². The van der Waals surface area contributed by atoms with Gasteiger partial charge < -0.3 is 66.8 Å². The fourth-order valence-corrected chi connectivity index (χ4v) is 15.2. The summed E-state index contributed by atoms with van der Waals surface area (Å²) in [6.07, 6.45) is -4.10. The number of ether oxygens (including phenoxy) is 9. The number of aromatic amines is 1. The van der Waals surface area contributed by atoms with Crippen LogP contribution in [0.25, 0.3) is 27.0 Å². The number of nitrogen functional groups attached to an aromatic ring is 1. The lowest BCUT2D eigenvalue weighted by atomic mass is 9.79. The summed E-state index contributed by atoms with van der Waals surface area (Å²) in [4.78, 5) is 52.1. The Kier molecular flexibility index (Phi) is 20.8. The first kappa shape index (κ1) is 67.9. The Morgan fingerprint density at radius 1 is 0.711 bits per heavy atom. The summed E-state index contributed by atoms with van der Waals surface area (Å²) in [5.74, 6) is 1.75. The van der Waals surface area contributed by atoms with Gasteiger partial charge in [0.25, 0.3) is 5.56 Å². The van der Waals surface area contributed by atoms with Gasteiger partial charge in [-0.15, -0.1) is 0 Å². The SMILES string of the molecule is [C-]#[N+]CCOP(=S)(OC[C@H]1O[C@@H](n2cnc3c(=O)[nH]c(NC(=O)C(C)C)nc32)[C@H](OC(c2ccccc2)(c2ccc(OC)cc2)c2ccc(OC)cc2)[C@@H]1OC)O[C@H]1C[C@H](c2snc3c(N)ncnc23)O[C@@H]1COC(c1ccccc1)(c1ccc(OC)cc1)c1ccc(OC)cc1. The second-order valence-electron chi connectivity index (χ2n) is 23.1. The van der Waals surface area contributed by atoms with E-state index in [9.17, 15) is 9.59 Å². The molecule has 4 aromatic heterocycles. The molecule has 0 radical (unpaired) electrons. The van der Waals surface area contributed by atoms with Gasteiger partial charge in [0.1, 0.15) is 82.6 Å². The molecule has 502 valence electrons. The van der Waals surface area contributed by atoms with Crippen molar-refractivity contribution >= 4 is 69.9 Å². The number of aromatic nitrogens is 7. The van der Waals surface area contributed by atoms with Gasteiger partial charge in [-0.1, -0.05) is 123 Å². The third-order valence-corrected chi connectivity index (χ3v) is 20.4. The van der Waals surface area contributed by atoms with Crippen LogP contribution in [0.4, 0.5) is 11.8 Å². The number of nitrogens with two attached hydrogens (primary N) is 1. The van der Waals surface area contributed by atoms with Gasteiger partial charge >= 0.3 is 6.72 Å². The van der Waals surface area contributed by atoms with Crippen molar-refractivity contribution in [2.24, 2.45) is 5.92 Å². The zero-order chi connectivity index (χ0) is 67.8. The molecule has 2 aliphatic heterocycles. The number of hydrogen-bond acceptors (Lipinski definition) is 22. The Hall–Kier alpha value is -9.07. The van der Waals surface area contributed by atoms with E-state index < -0.39 is 72.2 Å². The lowest BCUT2D eigenvalue weighted by Gasteiger charge is -2.40. The Morgan fingerprint density at radius 3 is 1.79 bits per heavy atom. The van der Waals surface area contributed by atoms with Crippen molar-refractivity contribution in [2.75, 3.05) is 73.0 Å². The maximum Gasteiger partial charge on any atom is 0.327 e. The van der Waals surface area contributed by atoms with Crippen molar-refractivity contribution in [3.63, 3.8) is 0 Å². The fourth-order valence-electron chi connectivity index (χ4n) is 12.2. The quantitative estimate of drug-likeness (QED) is 0.0178. The van der Waals surface area contributed by atoms with E-state index in [1.54, 1.807) is 46.9 Å². The molecule has 1 unspecified atom stereocenters. The molecule has 0 saturated carbocycles. The molecule has 10 aromatic rings. The number of methoxy groups -OCH3 is 5. The molecule has 12 rings (SSSR count). The summed E-state index contributed by atoms with van der Waals surface area (Å²) in [6, 6.07) is 50.0. The number of H-pyrrole nitrogens is 1. The molecule has 2 aliphatic rings. The highest BCUT2D eigenvalue weighted by Crippen LogP contribution is 2.56. The van der Waals surface area contributed by atoms with Crippen LogP contribution in [0, 0.1) is 12.5 Å². The summed E-state index contributed by atoms with van der Waals surface area (Å²) in [7, 11) is 7.93. The predicted octanol–water partition coefficient (Wildman–Crippen LogP) is 11.1. The van der Waals surface area contributed by atoms with Gasteiger partial charge in [-0.3, -0.25) is 24.5 Å². The lowest BCUT2D eigenvalue weighted by molar-refractivity contribution is -0.126. The van der Waals surface area contributed by atoms with E-state index in [4.69, 9.17) is 85.3 Å². The minimum atomic E-state index is -4.06. The first-order chi connectivity index (χ1) is 47.2. The largest absolute Gasteiger partial charge is 0.497 e.